The molecule has 0 aromatic carbocycles. The molecule has 0 aliphatic carbocycles. The van der Waals surface area contributed by atoms with Crippen molar-refractivity contribution in [1.82, 2.24) is 0 Å². The summed E-state index contributed by atoms with van der Waals surface area (Å²) in [5, 5.41) is 60.1. The van der Waals surface area contributed by atoms with E-state index in [-0.39, 0.29) is 13.2 Å². The lowest BCUT2D eigenvalue weighted by atomic mass is 9.98. The minimum Gasteiger partial charge on any atom is -0.388 e. The summed E-state index contributed by atoms with van der Waals surface area (Å²) < 4.78 is 21.8. The standard InChI is InChI=1S/C22H34O10/c1-3-4-5-6-7-8-9-10-11-29-21-20(28)18(26)16(24)14(32-21)12-30-22-19(27)17(25)15(23)13(2)31-22/h13-28H,3-4,9-12H2,1-2H3/t13-,14+,15-,16+,17+,18-,19+,20+,21+,22+/m0/s1. The van der Waals surface area contributed by atoms with Gasteiger partial charge in [-0.15, -0.1) is 0 Å². The van der Waals surface area contributed by atoms with Crippen LogP contribution < -0.4 is 0 Å². The van der Waals surface area contributed by atoms with E-state index in [0.29, 0.717) is 12.8 Å². The zero-order valence-electron chi connectivity index (χ0n) is 18.3. The number of hydrogen-bond acceptors (Lipinski definition) is 10. The molecule has 2 aliphatic rings. The van der Waals surface area contributed by atoms with Crippen LogP contribution in [0.1, 0.15) is 39.5 Å². The summed E-state index contributed by atoms with van der Waals surface area (Å²) in [6.07, 6.45) is -10.2. The van der Waals surface area contributed by atoms with Crippen molar-refractivity contribution < 1.29 is 49.6 Å². The zero-order chi connectivity index (χ0) is 23.7. The van der Waals surface area contributed by atoms with Gasteiger partial charge in [-0.05, 0) is 31.6 Å². The normalized spacial score (nSPS) is 39.5. The van der Waals surface area contributed by atoms with Gasteiger partial charge in [0.1, 0.15) is 42.7 Å². The van der Waals surface area contributed by atoms with E-state index >= 15 is 0 Å². The summed E-state index contributed by atoms with van der Waals surface area (Å²) in [5.41, 5.74) is 0. The molecule has 2 aliphatic heterocycles. The Morgan fingerprint density at radius 3 is 1.97 bits per heavy atom. The van der Waals surface area contributed by atoms with Crippen LogP contribution in [0.4, 0.5) is 0 Å². The highest BCUT2D eigenvalue weighted by molar-refractivity contribution is 5.25. The molecule has 0 amide bonds. The topological polar surface area (TPSA) is 158 Å². The Hall–Kier alpha value is -1.28. The molecule has 0 aromatic heterocycles. The maximum Gasteiger partial charge on any atom is 0.186 e. The van der Waals surface area contributed by atoms with E-state index < -0.39 is 61.4 Å². The molecule has 182 valence electrons. The smallest absolute Gasteiger partial charge is 0.186 e. The molecule has 2 fully saturated rings. The molecule has 10 atom stereocenters. The molecule has 32 heavy (non-hydrogen) atoms. The van der Waals surface area contributed by atoms with Crippen molar-refractivity contribution >= 4 is 0 Å². The predicted molar refractivity (Wildman–Crippen MR) is 111 cm³/mol. The SMILES string of the molecule is CCCC#CC#CCCCO[C@@H]1O[C@H](CO[C@@H]2O[C@@H](C)[C@H](O)[C@@H](O)[C@H]2O)[C@@H](O)[C@H](O)[C@H]1O. The van der Waals surface area contributed by atoms with Gasteiger partial charge in [0.25, 0.3) is 0 Å². The fraction of sp³-hybridized carbons (Fsp3) is 0.818. The zero-order valence-corrected chi connectivity index (χ0v) is 18.3. The number of unbranched alkanes of at least 4 members (excludes halogenated alkanes) is 2. The minimum atomic E-state index is -1.54. The molecule has 0 aromatic rings. The molecule has 0 spiro atoms. The van der Waals surface area contributed by atoms with Gasteiger partial charge in [-0.1, -0.05) is 18.8 Å². The van der Waals surface area contributed by atoms with Gasteiger partial charge in [-0.2, -0.15) is 0 Å². The van der Waals surface area contributed by atoms with Crippen LogP contribution in [0, 0.1) is 23.7 Å². The van der Waals surface area contributed by atoms with Crippen LogP contribution in [0.15, 0.2) is 0 Å². The van der Waals surface area contributed by atoms with E-state index in [0.717, 1.165) is 12.8 Å². The lowest BCUT2D eigenvalue weighted by Gasteiger charge is -2.42. The molecule has 0 unspecified atom stereocenters. The van der Waals surface area contributed by atoms with E-state index in [2.05, 4.69) is 23.7 Å². The third kappa shape index (κ3) is 7.37. The third-order valence-electron chi connectivity index (χ3n) is 5.24. The molecular formula is C22H34O10. The predicted octanol–water partition coefficient (Wildman–Crippen LogP) is -1.76. The van der Waals surface area contributed by atoms with Crippen LogP contribution >= 0.6 is 0 Å². The first-order valence-corrected chi connectivity index (χ1v) is 10.9. The van der Waals surface area contributed by atoms with E-state index in [1.807, 2.05) is 6.92 Å². The molecule has 0 bridgehead atoms. The summed E-state index contributed by atoms with van der Waals surface area (Å²) in [5.74, 6) is 11.3. The van der Waals surface area contributed by atoms with Gasteiger partial charge in [0.2, 0.25) is 0 Å². The molecular weight excluding hydrogens is 424 g/mol. The fourth-order valence-corrected chi connectivity index (χ4v) is 3.23. The second-order valence-electron chi connectivity index (χ2n) is 7.86. The first-order chi connectivity index (χ1) is 15.3. The maximum atomic E-state index is 10.2. The Morgan fingerprint density at radius 1 is 0.719 bits per heavy atom. The van der Waals surface area contributed by atoms with Gasteiger partial charge < -0.3 is 49.6 Å². The highest BCUT2D eigenvalue weighted by atomic mass is 16.7. The second-order valence-corrected chi connectivity index (χ2v) is 7.86. The summed E-state index contributed by atoms with van der Waals surface area (Å²) in [6.45, 7) is 3.41. The number of ether oxygens (including phenoxy) is 4. The van der Waals surface area contributed by atoms with E-state index in [1.54, 1.807) is 0 Å². The van der Waals surface area contributed by atoms with Crippen LogP contribution in [0.5, 0.6) is 0 Å². The molecule has 2 rings (SSSR count). The van der Waals surface area contributed by atoms with Crippen LogP contribution in [-0.4, -0.2) is 105 Å². The quantitative estimate of drug-likeness (QED) is 0.182. The van der Waals surface area contributed by atoms with Crippen LogP contribution in [0.2, 0.25) is 0 Å². The highest BCUT2D eigenvalue weighted by Crippen LogP contribution is 2.25. The molecule has 10 heteroatoms. The monoisotopic (exact) mass is 458 g/mol. The Labute approximate surface area is 188 Å². The molecule has 10 nitrogen and oxygen atoms in total. The lowest BCUT2D eigenvalue weighted by Crippen LogP contribution is -2.61. The number of rotatable bonds is 8. The van der Waals surface area contributed by atoms with E-state index in [9.17, 15) is 30.6 Å². The van der Waals surface area contributed by atoms with Crippen molar-refractivity contribution in [3.8, 4) is 23.7 Å². The van der Waals surface area contributed by atoms with Gasteiger partial charge in [-0.25, -0.2) is 0 Å². The molecule has 0 radical (unpaired) electrons. The van der Waals surface area contributed by atoms with E-state index in [1.165, 1.54) is 6.92 Å². The van der Waals surface area contributed by atoms with Crippen LogP contribution in [-0.2, 0) is 18.9 Å². The fourth-order valence-electron chi connectivity index (χ4n) is 3.23. The first-order valence-electron chi connectivity index (χ1n) is 10.9. The molecule has 0 saturated carbocycles. The van der Waals surface area contributed by atoms with Crippen molar-refractivity contribution in [2.45, 2.75) is 101 Å². The Kier molecular flexibility index (Phi) is 11.3. The van der Waals surface area contributed by atoms with Gasteiger partial charge >= 0.3 is 0 Å². The summed E-state index contributed by atoms with van der Waals surface area (Å²) in [4.78, 5) is 0. The maximum absolute atomic E-state index is 10.2. The van der Waals surface area contributed by atoms with Crippen molar-refractivity contribution in [2.75, 3.05) is 13.2 Å². The van der Waals surface area contributed by atoms with Crippen molar-refractivity contribution in [3.63, 3.8) is 0 Å². The van der Waals surface area contributed by atoms with Crippen molar-refractivity contribution in [1.29, 1.82) is 0 Å². The average molecular weight is 459 g/mol. The third-order valence-corrected chi connectivity index (χ3v) is 5.24. The van der Waals surface area contributed by atoms with Gasteiger partial charge in [0.15, 0.2) is 12.6 Å². The molecule has 2 heterocycles. The first kappa shape index (κ1) is 27.0. The summed E-state index contributed by atoms with van der Waals surface area (Å²) >= 11 is 0. The van der Waals surface area contributed by atoms with Crippen LogP contribution in [0.25, 0.3) is 0 Å². The van der Waals surface area contributed by atoms with E-state index in [4.69, 9.17) is 18.9 Å². The average Bonchev–Trinajstić information content (AvgIpc) is 2.78. The van der Waals surface area contributed by atoms with Crippen molar-refractivity contribution in [3.05, 3.63) is 0 Å². The highest BCUT2D eigenvalue weighted by Gasteiger charge is 2.46. The second kappa shape index (κ2) is 13.4. The molecule has 2 saturated heterocycles. The molecule has 6 N–H and O–H groups in total. The van der Waals surface area contributed by atoms with Gasteiger partial charge in [0.05, 0.1) is 19.3 Å². The van der Waals surface area contributed by atoms with Crippen LogP contribution in [0.3, 0.4) is 0 Å². The largest absolute Gasteiger partial charge is 0.388 e. The lowest BCUT2D eigenvalue weighted by molar-refractivity contribution is -0.328. The number of aliphatic hydroxyl groups is 6. The Balaban J connectivity index is 1.82. The van der Waals surface area contributed by atoms with Gasteiger partial charge in [-0.3, -0.25) is 0 Å². The number of aliphatic hydroxyl groups excluding tert-OH is 6. The number of hydrogen-bond donors (Lipinski definition) is 6. The minimum absolute atomic E-state index is 0.196. The summed E-state index contributed by atoms with van der Waals surface area (Å²) in [6, 6.07) is 0. The Morgan fingerprint density at radius 2 is 1.31 bits per heavy atom. The van der Waals surface area contributed by atoms with Gasteiger partial charge in [0, 0.05) is 12.8 Å². The Bertz CT molecular complexity index is 680. The summed E-state index contributed by atoms with van der Waals surface area (Å²) in [7, 11) is 0. The van der Waals surface area contributed by atoms with Crippen molar-refractivity contribution in [2.24, 2.45) is 0 Å².